The lowest BCUT2D eigenvalue weighted by Gasteiger charge is -2.62. The lowest BCUT2D eigenvalue weighted by atomic mass is 9.45. The van der Waals surface area contributed by atoms with E-state index in [0.29, 0.717) is 42.0 Å². The van der Waals surface area contributed by atoms with Crippen LogP contribution in [0.25, 0.3) is 11.1 Å². The highest BCUT2D eigenvalue weighted by molar-refractivity contribution is 5.97. The van der Waals surface area contributed by atoms with Crippen LogP contribution in [0.1, 0.15) is 62.0 Å². The van der Waals surface area contributed by atoms with Crippen molar-refractivity contribution in [1.82, 2.24) is 15.7 Å². The van der Waals surface area contributed by atoms with Gasteiger partial charge < -0.3 is 36.2 Å². The number of amides is 2. The molecule has 1 saturated heterocycles. The van der Waals surface area contributed by atoms with Crippen molar-refractivity contribution in [2.75, 3.05) is 39.3 Å². The maximum atomic E-state index is 14.3. The highest BCUT2D eigenvalue weighted by Crippen LogP contribution is 2.61. The predicted molar refractivity (Wildman–Crippen MR) is 211 cm³/mol. The maximum absolute atomic E-state index is 14.3. The van der Waals surface area contributed by atoms with Crippen LogP contribution in [-0.2, 0) is 22.6 Å². The molecule has 2 bridgehead atoms. The number of carbonyl (C=O) groups is 2. The minimum absolute atomic E-state index is 0.0330. The van der Waals surface area contributed by atoms with Crippen LogP contribution in [0.15, 0.2) is 66.7 Å². The second-order valence-electron chi connectivity index (χ2n) is 16.5. The van der Waals surface area contributed by atoms with Crippen LogP contribution >= 0.6 is 0 Å². The average molecular weight is 742 g/mol. The smallest absolute Gasteiger partial charge is 0.251 e. The van der Waals surface area contributed by atoms with Gasteiger partial charge in [0.25, 0.3) is 5.91 Å². The van der Waals surface area contributed by atoms with E-state index in [4.69, 9.17) is 15.3 Å². The number of hydroxylamine groups is 2. The molecule has 4 fully saturated rings. The quantitative estimate of drug-likeness (QED) is 0.162. The number of methoxy groups -OCH3 is 1. The number of para-hydroxylation sites is 1. The van der Waals surface area contributed by atoms with Gasteiger partial charge in [-0.05, 0) is 78.7 Å². The lowest BCUT2D eigenvalue weighted by molar-refractivity contribution is -0.183. The molecule has 1 aliphatic heterocycles. The van der Waals surface area contributed by atoms with Crippen molar-refractivity contribution < 1.29 is 29.4 Å². The van der Waals surface area contributed by atoms with Gasteiger partial charge in [0.15, 0.2) is 0 Å². The summed E-state index contributed by atoms with van der Waals surface area (Å²) in [7, 11) is 5.45. The summed E-state index contributed by atoms with van der Waals surface area (Å²) in [5.74, 6) is 0.931. The second kappa shape index (κ2) is 16.4. The van der Waals surface area contributed by atoms with Crippen LogP contribution in [0.4, 0.5) is 5.69 Å². The minimum atomic E-state index is -0.905. The van der Waals surface area contributed by atoms with E-state index in [2.05, 4.69) is 31.4 Å². The van der Waals surface area contributed by atoms with Gasteiger partial charge in [0.2, 0.25) is 5.91 Å². The fourth-order valence-corrected chi connectivity index (χ4v) is 9.35. The molecule has 11 heteroatoms. The summed E-state index contributed by atoms with van der Waals surface area (Å²) in [5, 5.41) is 29.4. The van der Waals surface area contributed by atoms with Crippen LogP contribution in [0.2, 0.25) is 0 Å². The maximum Gasteiger partial charge on any atom is 0.251 e. The van der Waals surface area contributed by atoms with Gasteiger partial charge in [-0.3, -0.25) is 14.4 Å². The molecule has 7 rings (SSSR count). The Morgan fingerprint density at radius 2 is 1.83 bits per heavy atom. The van der Waals surface area contributed by atoms with Crippen molar-refractivity contribution in [3.63, 3.8) is 0 Å². The molecule has 3 saturated carbocycles. The summed E-state index contributed by atoms with van der Waals surface area (Å²) >= 11 is 0. The molecule has 3 aliphatic carbocycles. The first-order valence-corrected chi connectivity index (χ1v) is 19.3. The SMILES string of the molecule is COc1c(CN2O[C@@H](CO)[C@@H]([C@H](C)O)[C@H]2C(=O)N[C@H]2C[C@H]3C[C@H]([C@@H]2C)C3(C)C)cccc1-c1cc(C(=O)N[C@H](CN)Cc2ccccc2)cc(N(C)C)c1. The first kappa shape index (κ1) is 39.7. The third-order valence-electron chi connectivity index (χ3n) is 12.6. The monoisotopic (exact) mass is 741 g/mol. The second-order valence-corrected chi connectivity index (χ2v) is 16.5. The van der Waals surface area contributed by atoms with E-state index in [0.717, 1.165) is 34.4 Å². The Morgan fingerprint density at radius 1 is 1.09 bits per heavy atom. The van der Waals surface area contributed by atoms with Crippen molar-refractivity contribution >= 4 is 17.5 Å². The molecule has 0 unspecified atom stereocenters. The van der Waals surface area contributed by atoms with E-state index in [9.17, 15) is 19.8 Å². The number of rotatable bonds is 14. The number of ether oxygens (including phenoxy) is 1. The summed E-state index contributed by atoms with van der Waals surface area (Å²) in [5.41, 5.74) is 11.1. The Balaban J connectivity index is 1.28. The normalized spacial score (nSPS) is 27.0. The van der Waals surface area contributed by atoms with E-state index in [1.165, 1.54) is 6.42 Å². The van der Waals surface area contributed by atoms with Gasteiger partial charge in [-0.1, -0.05) is 69.3 Å². The van der Waals surface area contributed by atoms with Gasteiger partial charge in [-0.25, -0.2) is 0 Å². The van der Waals surface area contributed by atoms with Crippen molar-refractivity contribution in [2.24, 2.45) is 34.8 Å². The average Bonchev–Trinajstić information content (AvgIpc) is 3.53. The van der Waals surface area contributed by atoms with Crippen molar-refractivity contribution in [3.8, 4) is 16.9 Å². The van der Waals surface area contributed by atoms with E-state index in [1.54, 1.807) is 19.1 Å². The van der Waals surface area contributed by atoms with Crippen LogP contribution in [0.5, 0.6) is 5.75 Å². The zero-order valence-corrected chi connectivity index (χ0v) is 32.8. The van der Waals surface area contributed by atoms with Gasteiger partial charge >= 0.3 is 0 Å². The first-order chi connectivity index (χ1) is 25.8. The fraction of sp³-hybridized carbons (Fsp3) is 0.535. The minimum Gasteiger partial charge on any atom is -0.496 e. The van der Waals surface area contributed by atoms with E-state index >= 15 is 0 Å². The summed E-state index contributed by atoms with van der Waals surface area (Å²) in [4.78, 5) is 36.2. The molecule has 6 N–H and O–H groups in total. The van der Waals surface area contributed by atoms with E-state index < -0.39 is 24.2 Å². The highest BCUT2D eigenvalue weighted by atomic mass is 16.7. The molecule has 292 valence electrons. The van der Waals surface area contributed by atoms with Gasteiger partial charge in [-0.15, -0.1) is 0 Å². The summed E-state index contributed by atoms with van der Waals surface area (Å²) in [6, 6.07) is 20.4. The molecular formula is C43H59N5O6. The predicted octanol–water partition coefficient (Wildman–Crippen LogP) is 4.39. The number of nitrogens with zero attached hydrogens (tertiary/aromatic N) is 2. The Morgan fingerprint density at radius 3 is 2.44 bits per heavy atom. The molecule has 0 aromatic heterocycles. The third kappa shape index (κ3) is 7.88. The molecule has 9 atom stereocenters. The van der Waals surface area contributed by atoms with Gasteiger partial charge in [-0.2, -0.15) is 5.06 Å². The fourth-order valence-electron chi connectivity index (χ4n) is 9.35. The standard InChI is InChI=1S/C43H59N5O6/c1-25-35-20-31(43(35,3)4)21-36(25)46-42(52)39-38(26(2)50)37(24-49)54-48(39)23-28-14-11-15-34(40(28)53-7)29-17-30(19-33(18-29)47(5)6)41(51)45-32(22-44)16-27-12-9-8-10-13-27/h8-15,17-19,25-26,31-32,35-39,49-50H,16,20-24,44H2,1-7H3,(H,45,51)(H,46,52)/t25-,26-,31+,32-,35+,36-,37-,38+,39-/m0/s1. The van der Waals surface area contributed by atoms with E-state index in [-0.39, 0.29) is 42.5 Å². The number of nitrogens with two attached hydrogens (primary N) is 1. The zero-order chi connectivity index (χ0) is 38.9. The number of anilines is 1. The van der Waals surface area contributed by atoms with Crippen LogP contribution in [0, 0.1) is 29.1 Å². The Kier molecular flexibility index (Phi) is 12.0. The molecule has 3 aromatic carbocycles. The van der Waals surface area contributed by atoms with Crippen LogP contribution in [-0.4, -0.2) is 91.8 Å². The number of carbonyl (C=O) groups excluding carboxylic acids is 2. The third-order valence-corrected chi connectivity index (χ3v) is 12.6. The lowest BCUT2D eigenvalue weighted by Crippen LogP contribution is -2.62. The molecule has 4 aliphatic rings. The highest BCUT2D eigenvalue weighted by Gasteiger charge is 2.57. The van der Waals surface area contributed by atoms with Crippen molar-refractivity contribution in [3.05, 3.63) is 83.4 Å². The summed E-state index contributed by atoms with van der Waals surface area (Å²) in [6.07, 6.45) is 1.07. The van der Waals surface area contributed by atoms with Crippen LogP contribution in [0.3, 0.4) is 0 Å². The topological polar surface area (TPSA) is 150 Å². The molecule has 2 amide bonds. The zero-order valence-electron chi connectivity index (χ0n) is 32.8. The van der Waals surface area contributed by atoms with Crippen LogP contribution < -0.4 is 26.0 Å². The Hall–Kier alpha value is -4.00. The van der Waals surface area contributed by atoms with Gasteiger partial charge in [0.05, 0.1) is 26.4 Å². The number of nitrogens with one attached hydrogen (secondary N) is 2. The first-order valence-electron chi connectivity index (χ1n) is 19.3. The molecule has 0 radical (unpaired) electrons. The Bertz CT molecular complexity index is 1780. The molecular weight excluding hydrogens is 683 g/mol. The Labute approximate surface area is 320 Å². The molecule has 1 heterocycles. The summed E-state index contributed by atoms with van der Waals surface area (Å²) in [6.45, 7) is 8.65. The number of fused-ring (bicyclic) bond motifs is 2. The van der Waals surface area contributed by atoms with Gasteiger partial charge in [0, 0.05) is 61.0 Å². The molecule has 0 spiro atoms. The summed E-state index contributed by atoms with van der Waals surface area (Å²) < 4.78 is 6.07. The molecule has 54 heavy (non-hydrogen) atoms. The largest absolute Gasteiger partial charge is 0.496 e. The van der Waals surface area contributed by atoms with Gasteiger partial charge in [0.1, 0.15) is 17.9 Å². The molecule has 3 aromatic rings. The number of benzene rings is 3. The van der Waals surface area contributed by atoms with E-state index in [1.807, 2.05) is 85.7 Å². The van der Waals surface area contributed by atoms with Crippen molar-refractivity contribution in [2.45, 2.75) is 83.8 Å². The number of aliphatic hydroxyl groups is 2. The molecule has 11 nitrogen and oxygen atoms in total. The number of hydrogen-bond donors (Lipinski definition) is 5. The van der Waals surface area contributed by atoms with Crippen molar-refractivity contribution in [1.29, 1.82) is 0 Å². The number of hydrogen-bond acceptors (Lipinski definition) is 9. The number of aliphatic hydroxyl groups excluding tert-OH is 2.